The van der Waals surface area contributed by atoms with Crippen LogP contribution in [0.1, 0.15) is 57.3 Å². The monoisotopic (exact) mass is 253 g/mol. The summed E-state index contributed by atoms with van der Waals surface area (Å²) in [6.07, 6.45) is 5.15. The Morgan fingerprint density at radius 3 is 3.00 bits per heavy atom. The van der Waals surface area contributed by atoms with E-state index in [9.17, 15) is 0 Å². The summed E-state index contributed by atoms with van der Waals surface area (Å²) in [7, 11) is 0. The van der Waals surface area contributed by atoms with Gasteiger partial charge in [0.05, 0.1) is 0 Å². The molecule has 0 radical (unpaired) electrons. The molecule has 1 fully saturated rings. The van der Waals surface area contributed by atoms with Gasteiger partial charge in [-0.1, -0.05) is 19.0 Å². The van der Waals surface area contributed by atoms with Gasteiger partial charge in [-0.3, -0.25) is 0 Å². The number of hydrogen-bond acceptors (Lipinski definition) is 5. The number of nitrogens with one attached hydrogen (secondary N) is 1. The first kappa shape index (κ1) is 13.5. The molecule has 5 heteroatoms. The van der Waals surface area contributed by atoms with Crippen LogP contribution in [0.2, 0.25) is 0 Å². The van der Waals surface area contributed by atoms with Crippen LogP contribution < -0.4 is 5.32 Å². The van der Waals surface area contributed by atoms with Gasteiger partial charge in [0, 0.05) is 19.1 Å². The topological polar surface area (TPSA) is 60.2 Å². The molecule has 2 unspecified atom stereocenters. The van der Waals surface area contributed by atoms with Crippen LogP contribution in [0.5, 0.6) is 0 Å². The highest BCUT2D eigenvalue weighted by atomic mass is 16.5. The molecule has 0 amide bonds. The van der Waals surface area contributed by atoms with Crippen molar-refractivity contribution in [3.8, 4) is 0 Å². The first-order valence-corrected chi connectivity index (χ1v) is 7.01. The quantitative estimate of drug-likeness (QED) is 0.807. The number of aromatic nitrogens is 2. The summed E-state index contributed by atoms with van der Waals surface area (Å²) < 4.78 is 10.9. The maximum atomic E-state index is 5.55. The van der Waals surface area contributed by atoms with Crippen molar-refractivity contribution in [1.29, 1.82) is 0 Å². The Morgan fingerprint density at radius 2 is 2.33 bits per heavy atom. The molecule has 2 rings (SSSR count). The lowest BCUT2D eigenvalue weighted by Gasteiger charge is -2.13. The molecule has 2 heterocycles. The Balaban J connectivity index is 1.88. The van der Waals surface area contributed by atoms with Gasteiger partial charge in [0.2, 0.25) is 11.7 Å². The second kappa shape index (κ2) is 6.85. The van der Waals surface area contributed by atoms with E-state index in [1.165, 1.54) is 0 Å². The summed E-state index contributed by atoms with van der Waals surface area (Å²) in [6.45, 7) is 6.18. The zero-order valence-corrected chi connectivity index (χ0v) is 11.3. The number of hydrogen-bond donors (Lipinski definition) is 1. The number of nitrogens with zero attached hydrogens (tertiary/aromatic N) is 2. The lowest BCUT2D eigenvalue weighted by molar-refractivity contribution is 0.103. The van der Waals surface area contributed by atoms with Crippen LogP contribution in [-0.2, 0) is 11.2 Å². The van der Waals surface area contributed by atoms with E-state index in [0.29, 0.717) is 11.9 Å². The molecule has 1 aromatic rings. The largest absolute Gasteiger partial charge is 0.370 e. The van der Waals surface area contributed by atoms with Crippen LogP contribution >= 0.6 is 0 Å². The fourth-order valence-electron chi connectivity index (χ4n) is 2.18. The molecule has 1 aliphatic rings. The van der Waals surface area contributed by atoms with Gasteiger partial charge in [0.1, 0.15) is 6.10 Å². The van der Waals surface area contributed by atoms with Crippen molar-refractivity contribution in [2.75, 3.05) is 13.2 Å². The second-order valence-electron chi connectivity index (χ2n) is 4.81. The van der Waals surface area contributed by atoms with Crippen LogP contribution in [0.15, 0.2) is 4.52 Å². The third-order valence-corrected chi connectivity index (χ3v) is 3.30. The molecular weight excluding hydrogens is 230 g/mol. The minimum atomic E-state index is 0.0474. The Kier molecular flexibility index (Phi) is 5.13. The predicted molar refractivity (Wildman–Crippen MR) is 68.3 cm³/mol. The summed E-state index contributed by atoms with van der Waals surface area (Å²) in [5.74, 6) is 1.43. The molecule has 0 spiro atoms. The van der Waals surface area contributed by atoms with Gasteiger partial charge >= 0.3 is 0 Å². The van der Waals surface area contributed by atoms with E-state index >= 15 is 0 Å². The molecule has 0 bridgehead atoms. The Hall–Kier alpha value is -0.940. The van der Waals surface area contributed by atoms with E-state index in [1.807, 2.05) is 0 Å². The summed E-state index contributed by atoms with van der Waals surface area (Å²) in [4.78, 5) is 4.45. The second-order valence-corrected chi connectivity index (χ2v) is 4.81. The van der Waals surface area contributed by atoms with Crippen molar-refractivity contribution >= 4 is 0 Å². The molecule has 5 nitrogen and oxygen atoms in total. The average Bonchev–Trinajstić information content (AvgIpc) is 3.04. The third kappa shape index (κ3) is 3.53. The maximum Gasteiger partial charge on any atom is 0.228 e. The van der Waals surface area contributed by atoms with Gasteiger partial charge in [-0.05, 0) is 32.2 Å². The van der Waals surface area contributed by atoms with Crippen LogP contribution in [0.25, 0.3) is 0 Å². The molecule has 1 aliphatic heterocycles. The van der Waals surface area contributed by atoms with E-state index in [0.717, 1.165) is 51.1 Å². The first-order valence-electron chi connectivity index (χ1n) is 7.01. The molecule has 102 valence electrons. The van der Waals surface area contributed by atoms with E-state index in [2.05, 4.69) is 29.3 Å². The molecule has 2 atom stereocenters. The summed E-state index contributed by atoms with van der Waals surface area (Å²) in [6, 6.07) is 0.419. The van der Waals surface area contributed by atoms with Crippen molar-refractivity contribution in [3.05, 3.63) is 11.7 Å². The SMILES string of the molecule is CCCNC(CC)Cc1nc(C2CCCO2)no1. The van der Waals surface area contributed by atoms with Crippen molar-refractivity contribution in [3.63, 3.8) is 0 Å². The van der Waals surface area contributed by atoms with Gasteiger partial charge in [-0.25, -0.2) is 0 Å². The highest BCUT2D eigenvalue weighted by Gasteiger charge is 2.23. The summed E-state index contributed by atoms with van der Waals surface area (Å²) >= 11 is 0. The predicted octanol–water partition coefficient (Wildman–Crippen LogP) is 2.24. The highest BCUT2D eigenvalue weighted by Crippen LogP contribution is 2.26. The molecule has 18 heavy (non-hydrogen) atoms. The van der Waals surface area contributed by atoms with Crippen LogP contribution in [0.4, 0.5) is 0 Å². The Morgan fingerprint density at radius 1 is 1.44 bits per heavy atom. The highest BCUT2D eigenvalue weighted by molar-refractivity contribution is 4.94. The minimum Gasteiger partial charge on any atom is -0.370 e. The van der Waals surface area contributed by atoms with Crippen molar-refractivity contribution < 1.29 is 9.26 Å². The van der Waals surface area contributed by atoms with Crippen molar-refractivity contribution in [2.24, 2.45) is 0 Å². The number of ether oxygens (including phenoxy) is 1. The molecule has 0 aliphatic carbocycles. The Bertz CT molecular complexity index is 348. The smallest absolute Gasteiger partial charge is 0.228 e. The van der Waals surface area contributed by atoms with Crippen LogP contribution in [0.3, 0.4) is 0 Å². The van der Waals surface area contributed by atoms with Crippen LogP contribution in [-0.4, -0.2) is 29.3 Å². The lowest BCUT2D eigenvalue weighted by Crippen LogP contribution is -2.31. The molecule has 0 aromatic carbocycles. The van der Waals surface area contributed by atoms with Gasteiger partial charge in [-0.2, -0.15) is 4.98 Å². The summed E-state index contributed by atoms with van der Waals surface area (Å²) in [5.41, 5.74) is 0. The van der Waals surface area contributed by atoms with E-state index in [4.69, 9.17) is 9.26 Å². The maximum absolute atomic E-state index is 5.55. The molecule has 1 saturated heterocycles. The standard InChI is InChI=1S/C13H23N3O2/c1-3-7-14-10(4-2)9-12-15-13(16-18-12)11-6-5-8-17-11/h10-11,14H,3-9H2,1-2H3. The first-order chi connectivity index (χ1) is 8.83. The zero-order valence-electron chi connectivity index (χ0n) is 11.3. The van der Waals surface area contributed by atoms with Crippen LogP contribution in [0, 0.1) is 0 Å². The molecule has 0 saturated carbocycles. The van der Waals surface area contributed by atoms with E-state index in [1.54, 1.807) is 0 Å². The minimum absolute atomic E-state index is 0.0474. The van der Waals surface area contributed by atoms with Gasteiger partial charge in [0.25, 0.3) is 0 Å². The zero-order chi connectivity index (χ0) is 12.8. The average molecular weight is 253 g/mol. The fraction of sp³-hybridized carbons (Fsp3) is 0.846. The lowest BCUT2D eigenvalue weighted by atomic mass is 10.1. The van der Waals surface area contributed by atoms with Crippen molar-refractivity contribution in [1.82, 2.24) is 15.5 Å². The number of rotatable bonds is 7. The fourth-order valence-corrected chi connectivity index (χ4v) is 2.18. The van der Waals surface area contributed by atoms with Gasteiger partial charge in [-0.15, -0.1) is 0 Å². The summed E-state index contributed by atoms with van der Waals surface area (Å²) in [5, 5.41) is 7.51. The molecule has 1 N–H and O–H groups in total. The van der Waals surface area contributed by atoms with E-state index < -0.39 is 0 Å². The third-order valence-electron chi connectivity index (χ3n) is 3.30. The van der Waals surface area contributed by atoms with Gasteiger partial charge in [0.15, 0.2) is 0 Å². The van der Waals surface area contributed by atoms with Gasteiger partial charge < -0.3 is 14.6 Å². The normalized spacial score (nSPS) is 21.3. The molecule has 1 aromatic heterocycles. The van der Waals surface area contributed by atoms with Crippen molar-refractivity contribution in [2.45, 2.75) is 58.1 Å². The molecular formula is C13H23N3O2. The Labute approximate surface area is 108 Å². The van der Waals surface area contributed by atoms with E-state index in [-0.39, 0.29) is 6.10 Å².